The van der Waals surface area contributed by atoms with Gasteiger partial charge in [0.05, 0.1) is 6.10 Å². The van der Waals surface area contributed by atoms with Gasteiger partial charge in [-0.2, -0.15) is 0 Å². The van der Waals surface area contributed by atoms with Crippen molar-refractivity contribution in [2.75, 3.05) is 6.61 Å². The molecular weight excluding hydrogens is 396 g/mol. The van der Waals surface area contributed by atoms with E-state index >= 15 is 0 Å². The Hall–Kier alpha value is -1.53. The molecule has 7 atom stereocenters. The number of ketones is 2. The number of Topliss-reactive ketones (excluding diaryl/α,β-unsaturated/α-hetero) is 1. The summed E-state index contributed by atoms with van der Waals surface area (Å²) in [5.41, 5.74) is -1.36. The van der Waals surface area contributed by atoms with Crippen LogP contribution in [0.25, 0.3) is 0 Å². The number of esters is 1. The van der Waals surface area contributed by atoms with Gasteiger partial charge >= 0.3 is 5.97 Å². The van der Waals surface area contributed by atoms with Gasteiger partial charge in [0, 0.05) is 18.3 Å². The molecule has 4 aliphatic rings. The Bertz CT molecular complexity index is 817. The van der Waals surface area contributed by atoms with Crippen LogP contribution < -0.4 is 0 Å². The van der Waals surface area contributed by atoms with E-state index in [1.165, 1.54) is 5.57 Å². The summed E-state index contributed by atoms with van der Waals surface area (Å²) in [5.74, 6) is -0.323. The SMILES string of the molecule is CCCC(=O)OCC(=O)[C@@]1(O)CCC2C3CCC4=CC(=O)CC[C@]4(C)C3C(O)C[C@@]21C. The number of aliphatic hydroxyl groups is 2. The number of hydrogen-bond donors (Lipinski definition) is 2. The van der Waals surface area contributed by atoms with Crippen LogP contribution in [0.5, 0.6) is 0 Å². The highest BCUT2D eigenvalue weighted by molar-refractivity contribution is 5.92. The third kappa shape index (κ3) is 3.32. The summed E-state index contributed by atoms with van der Waals surface area (Å²) in [6, 6.07) is 0. The molecule has 0 radical (unpaired) electrons. The maximum absolute atomic E-state index is 13.1. The van der Waals surface area contributed by atoms with Gasteiger partial charge in [-0.25, -0.2) is 0 Å². The van der Waals surface area contributed by atoms with Gasteiger partial charge in [-0.3, -0.25) is 14.4 Å². The van der Waals surface area contributed by atoms with Crippen LogP contribution in [0.4, 0.5) is 0 Å². The molecular formula is C25H36O6. The normalized spacial score (nSPS) is 44.0. The minimum absolute atomic E-state index is 0.0403. The Morgan fingerprint density at radius 3 is 2.65 bits per heavy atom. The Kier molecular flexibility index (Phi) is 5.70. The van der Waals surface area contributed by atoms with E-state index in [0.29, 0.717) is 25.7 Å². The van der Waals surface area contributed by atoms with Gasteiger partial charge in [-0.1, -0.05) is 26.3 Å². The van der Waals surface area contributed by atoms with Crippen molar-refractivity contribution < 1.29 is 29.3 Å². The molecule has 31 heavy (non-hydrogen) atoms. The zero-order valence-corrected chi connectivity index (χ0v) is 19.0. The number of allylic oxidation sites excluding steroid dienone is 1. The number of rotatable bonds is 5. The lowest BCUT2D eigenvalue weighted by Crippen LogP contribution is -2.62. The first-order chi connectivity index (χ1) is 14.6. The summed E-state index contributed by atoms with van der Waals surface area (Å²) in [4.78, 5) is 36.8. The number of aliphatic hydroxyl groups excluding tert-OH is 1. The van der Waals surface area contributed by atoms with Gasteiger partial charge in [0.25, 0.3) is 0 Å². The highest BCUT2D eigenvalue weighted by Crippen LogP contribution is 2.67. The molecule has 0 aromatic heterocycles. The highest BCUT2D eigenvalue weighted by Gasteiger charge is 2.68. The summed E-state index contributed by atoms with van der Waals surface area (Å²) < 4.78 is 5.13. The predicted octanol–water partition coefficient (Wildman–Crippen LogP) is 3.13. The summed E-state index contributed by atoms with van der Waals surface area (Å²) in [7, 11) is 0. The minimum atomic E-state index is -1.59. The van der Waals surface area contributed by atoms with Crippen LogP contribution in [0.2, 0.25) is 0 Å². The Balaban J connectivity index is 1.59. The average molecular weight is 433 g/mol. The molecule has 3 saturated carbocycles. The van der Waals surface area contributed by atoms with Crippen LogP contribution in [-0.4, -0.2) is 46.1 Å². The van der Waals surface area contributed by atoms with E-state index in [2.05, 4.69) is 6.92 Å². The first-order valence-electron chi connectivity index (χ1n) is 11.9. The molecule has 4 aliphatic carbocycles. The molecule has 0 spiro atoms. The fourth-order valence-corrected chi connectivity index (χ4v) is 7.69. The average Bonchev–Trinajstić information content (AvgIpc) is 2.98. The van der Waals surface area contributed by atoms with Crippen molar-refractivity contribution >= 4 is 17.5 Å². The van der Waals surface area contributed by atoms with Crippen LogP contribution in [0.15, 0.2) is 11.6 Å². The number of ether oxygens (including phenoxy) is 1. The second-order valence-electron chi connectivity index (χ2n) is 10.8. The van der Waals surface area contributed by atoms with Crippen molar-refractivity contribution in [2.45, 2.75) is 90.3 Å². The van der Waals surface area contributed by atoms with Gasteiger partial charge in [-0.15, -0.1) is 0 Å². The zero-order valence-electron chi connectivity index (χ0n) is 19.0. The molecule has 172 valence electrons. The van der Waals surface area contributed by atoms with Crippen molar-refractivity contribution in [2.24, 2.45) is 28.6 Å². The molecule has 0 heterocycles. The topological polar surface area (TPSA) is 101 Å². The van der Waals surface area contributed by atoms with Crippen molar-refractivity contribution in [3.8, 4) is 0 Å². The van der Waals surface area contributed by atoms with E-state index in [9.17, 15) is 24.6 Å². The monoisotopic (exact) mass is 432 g/mol. The van der Waals surface area contributed by atoms with Crippen molar-refractivity contribution in [3.05, 3.63) is 11.6 Å². The summed E-state index contributed by atoms with van der Waals surface area (Å²) in [6.07, 6.45) is 6.46. The lowest BCUT2D eigenvalue weighted by atomic mass is 9.45. The van der Waals surface area contributed by atoms with Gasteiger partial charge in [0.2, 0.25) is 5.78 Å². The van der Waals surface area contributed by atoms with Crippen LogP contribution in [0.1, 0.15) is 78.6 Å². The van der Waals surface area contributed by atoms with E-state index in [0.717, 1.165) is 25.7 Å². The molecule has 3 fully saturated rings. The standard InChI is InChI=1S/C25H36O6/c1-4-5-21(29)31-14-20(28)25(30)11-9-18-17-7-6-15-12-16(26)8-10-23(15,2)22(17)19(27)13-24(18,25)3/h12,17-19,22,27,30H,4-11,13-14H2,1-3H3/t17?,18?,19?,22?,23-,24-,25-/m0/s1. The van der Waals surface area contributed by atoms with Crippen molar-refractivity contribution in [1.82, 2.24) is 0 Å². The molecule has 0 saturated heterocycles. The quantitative estimate of drug-likeness (QED) is 0.648. The fourth-order valence-electron chi connectivity index (χ4n) is 7.69. The highest BCUT2D eigenvalue weighted by atomic mass is 16.5. The van der Waals surface area contributed by atoms with E-state index in [4.69, 9.17) is 4.74 Å². The lowest BCUT2D eigenvalue weighted by Gasteiger charge is -2.60. The predicted molar refractivity (Wildman–Crippen MR) is 114 cm³/mol. The van der Waals surface area contributed by atoms with Crippen LogP contribution in [-0.2, 0) is 19.1 Å². The first kappa shape index (κ1) is 22.7. The maximum atomic E-state index is 13.1. The Labute approximate surface area is 184 Å². The molecule has 4 rings (SSSR count). The van der Waals surface area contributed by atoms with Crippen LogP contribution in [0.3, 0.4) is 0 Å². The smallest absolute Gasteiger partial charge is 0.306 e. The summed E-state index contributed by atoms with van der Waals surface area (Å²) >= 11 is 0. The first-order valence-corrected chi connectivity index (χ1v) is 11.9. The Morgan fingerprint density at radius 1 is 1.19 bits per heavy atom. The number of carbonyl (C=O) groups excluding carboxylic acids is 3. The fraction of sp³-hybridized carbons (Fsp3) is 0.800. The van der Waals surface area contributed by atoms with E-state index < -0.39 is 35.5 Å². The van der Waals surface area contributed by atoms with Gasteiger partial charge in [0.15, 0.2) is 12.4 Å². The molecule has 0 aromatic rings. The van der Waals surface area contributed by atoms with Gasteiger partial charge in [-0.05, 0) is 74.2 Å². The molecule has 0 aliphatic heterocycles. The number of hydrogen-bond acceptors (Lipinski definition) is 6. The second-order valence-corrected chi connectivity index (χ2v) is 10.8. The molecule has 4 unspecified atom stereocenters. The van der Waals surface area contributed by atoms with E-state index in [1.54, 1.807) is 6.08 Å². The molecule has 0 bridgehead atoms. The second kappa shape index (κ2) is 7.80. The zero-order chi connectivity index (χ0) is 22.6. The molecule has 6 nitrogen and oxygen atoms in total. The van der Waals surface area contributed by atoms with Gasteiger partial charge < -0.3 is 14.9 Å². The van der Waals surface area contributed by atoms with Gasteiger partial charge in [0.1, 0.15) is 5.60 Å². The third-order valence-corrected chi connectivity index (χ3v) is 9.33. The summed E-state index contributed by atoms with van der Waals surface area (Å²) in [6.45, 7) is 5.59. The van der Waals surface area contributed by atoms with Crippen molar-refractivity contribution in [1.29, 1.82) is 0 Å². The minimum Gasteiger partial charge on any atom is -0.458 e. The number of fused-ring (bicyclic) bond motifs is 5. The maximum Gasteiger partial charge on any atom is 0.306 e. The molecule has 6 heteroatoms. The largest absolute Gasteiger partial charge is 0.458 e. The molecule has 0 aromatic carbocycles. The van der Waals surface area contributed by atoms with E-state index in [-0.39, 0.29) is 35.4 Å². The summed E-state index contributed by atoms with van der Waals surface area (Å²) in [5, 5.41) is 23.0. The van der Waals surface area contributed by atoms with Crippen LogP contribution >= 0.6 is 0 Å². The van der Waals surface area contributed by atoms with Crippen LogP contribution in [0, 0.1) is 28.6 Å². The molecule has 0 amide bonds. The number of carbonyl (C=O) groups is 3. The third-order valence-electron chi connectivity index (χ3n) is 9.33. The lowest BCUT2D eigenvalue weighted by molar-refractivity contribution is -0.184. The van der Waals surface area contributed by atoms with E-state index in [1.807, 2.05) is 13.8 Å². The Morgan fingerprint density at radius 2 is 1.94 bits per heavy atom. The molecule has 2 N–H and O–H groups in total. The van der Waals surface area contributed by atoms with Crippen molar-refractivity contribution in [3.63, 3.8) is 0 Å².